The number of pyridine rings is 1. The summed E-state index contributed by atoms with van der Waals surface area (Å²) in [6.45, 7) is 10.1. The number of anilines is 2. The van der Waals surface area contributed by atoms with Crippen LogP contribution in [0.1, 0.15) is 26.6 Å². The number of hydrogen-bond acceptors (Lipinski definition) is 7. The molecule has 0 bridgehead atoms. The zero-order valence-electron chi connectivity index (χ0n) is 14.1. The number of nitrogens with zero attached hydrogens (tertiary/aromatic N) is 5. The Morgan fingerprint density at radius 1 is 1.13 bits per heavy atom. The molecule has 2 aromatic heterocycles. The first-order valence-corrected chi connectivity index (χ1v) is 8.59. The van der Waals surface area contributed by atoms with Gasteiger partial charge in [-0.15, -0.1) is 0 Å². The molecule has 1 saturated heterocycles. The molecule has 1 aliphatic rings. The Labute approximate surface area is 141 Å². The Morgan fingerprint density at radius 3 is 2.43 bits per heavy atom. The van der Waals surface area contributed by atoms with E-state index < -0.39 is 0 Å². The third-order valence-electron chi connectivity index (χ3n) is 3.91. The van der Waals surface area contributed by atoms with Crippen LogP contribution < -0.4 is 14.5 Å². The van der Waals surface area contributed by atoms with E-state index in [1.165, 1.54) is 11.5 Å². The molecule has 0 radical (unpaired) electrons. The second kappa shape index (κ2) is 6.31. The number of hydrogen-bond donors (Lipinski definition) is 0. The van der Waals surface area contributed by atoms with Crippen molar-refractivity contribution in [2.45, 2.75) is 26.2 Å². The van der Waals surface area contributed by atoms with E-state index in [1.807, 2.05) is 12.1 Å². The molecule has 0 spiro atoms. The predicted octanol–water partition coefficient (Wildman–Crippen LogP) is 2.57. The van der Waals surface area contributed by atoms with Crippen LogP contribution in [0.25, 0.3) is 0 Å². The summed E-state index contributed by atoms with van der Waals surface area (Å²) in [4.78, 5) is 13.7. The lowest BCUT2D eigenvalue weighted by atomic mass is 9.96. The summed E-state index contributed by atoms with van der Waals surface area (Å²) in [5.41, 5.74) is 0.00108. The maximum atomic E-state index is 5.28. The van der Waals surface area contributed by atoms with E-state index in [2.05, 4.69) is 39.9 Å². The molecule has 0 aromatic carbocycles. The molecule has 1 aliphatic heterocycles. The summed E-state index contributed by atoms with van der Waals surface area (Å²) in [5, 5.41) is 1.02. The lowest BCUT2D eigenvalue weighted by Gasteiger charge is -2.35. The van der Waals surface area contributed by atoms with Crippen LogP contribution in [0.4, 0.5) is 10.9 Å². The second-order valence-corrected chi connectivity index (χ2v) is 7.41. The van der Waals surface area contributed by atoms with Crippen LogP contribution in [0.3, 0.4) is 0 Å². The highest BCUT2D eigenvalue weighted by Crippen LogP contribution is 2.27. The Balaban J connectivity index is 1.65. The summed E-state index contributed by atoms with van der Waals surface area (Å²) in [6.07, 6.45) is 1.79. The SMILES string of the molecule is COc1ccnc(N2CCN(c3nc(C(C)(C)C)ns3)CC2)c1. The molecule has 2 aromatic rings. The number of aromatic nitrogens is 3. The van der Waals surface area contributed by atoms with Gasteiger partial charge >= 0.3 is 0 Å². The monoisotopic (exact) mass is 333 g/mol. The predicted molar refractivity (Wildman–Crippen MR) is 93.8 cm³/mol. The van der Waals surface area contributed by atoms with Gasteiger partial charge in [-0.3, -0.25) is 0 Å². The molecule has 0 atom stereocenters. The fourth-order valence-corrected chi connectivity index (χ4v) is 3.38. The topological polar surface area (TPSA) is 54.4 Å². The van der Waals surface area contributed by atoms with E-state index in [9.17, 15) is 0 Å². The van der Waals surface area contributed by atoms with Crippen molar-refractivity contribution in [3.63, 3.8) is 0 Å². The molecule has 0 amide bonds. The van der Waals surface area contributed by atoms with Crippen molar-refractivity contribution in [1.82, 2.24) is 14.3 Å². The van der Waals surface area contributed by atoms with E-state index in [0.717, 1.165) is 48.7 Å². The van der Waals surface area contributed by atoms with Crippen LogP contribution in [0.2, 0.25) is 0 Å². The van der Waals surface area contributed by atoms with Gasteiger partial charge in [0.15, 0.2) is 0 Å². The van der Waals surface area contributed by atoms with Gasteiger partial charge in [0.2, 0.25) is 5.13 Å². The lowest BCUT2D eigenvalue weighted by Crippen LogP contribution is -2.46. The third kappa shape index (κ3) is 3.55. The van der Waals surface area contributed by atoms with Crippen molar-refractivity contribution in [2.75, 3.05) is 43.1 Å². The van der Waals surface area contributed by atoms with Crippen molar-refractivity contribution in [3.8, 4) is 5.75 Å². The van der Waals surface area contributed by atoms with Crippen molar-refractivity contribution in [3.05, 3.63) is 24.2 Å². The summed E-state index contributed by atoms with van der Waals surface area (Å²) in [5.74, 6) is 2.74. The normalized spacial score (nSPS) is 15.8. The van der Waals surface area contributed by atoms with Gasteiger partial charge in [0, 0.05) is 55.4 Å². The number of ether oxygens (including phenoxy) is 1. The van der Waals surface area contributed by atoms with Gasteiger partial charge in [0.05, 0.1) is 7.11 Å². The molecule has 23 heavy (non-hydrogen) atoms. The molecule has 3 heterocycles. The summed E-state index contributed by atoms with van der Waals surface area (Å²) in [7, 11) is 1.68. The molecule has 0 N–H and O–H groups in total. The lowest BCUT2D eigenvalue weighted by molar-refractivity contribution is 0.414. The molecule has 124 valence electrons. The third-order valence-corrected chi connectivity index (χ3v) is 4.69. The summed E-state index contributed by atoms with van der Waals surface area (Å²) in [6, 6.07) is 3.85. The first kappa shape index (κ1) is 16.0. The molecular weight excluding hydrogens is 310 g/mol. The zero-order chi connectivity index (χ0) is 16.4. The van der Waals surface area contributed by atoms with E-state index in [0.29, 0.717) is 0 Å². The largest absolute Gasteiger partial charge is 0.497 e. The van der Waals surface area contributed by atoms with Gasteiger partial charge < -0.3 is 14.5 Å². The fraction of sp³-hybridized carbons (Fsp3) is 0.562. The van der Waals surface area contributed by atoms with Gasteiger partial charge in [0.1, 0.15) is 17.4 Å². The van der Waals surface area contributed by atoms with E-state index in [4.69, 9.17) is 9.72 Å². The Hall–Kier alpha value is -1.89. The van der Waals surface area contributed by atoms with Crippen LogP contribution >= 0.6 is 11.5 Å². The van der Waals surface area contributed by atoms with Crippen LogP contribution in [0.5, 0.6) is 5.75 Å². The van der Waals surface area contributed by atoms with Crippen LogP contribution in [-0.4, -0.2) is 47.6 Å². The zero-order valence-corrected chi connectivity index (χ0v) is 14.9. The standard InChI is InChI=1S/C16H23N5OS/c1-16(2,3)14-18-15(23-19-14)21-9-7-20(8-10-21)13-11-12(22-4)5-6-17-13/h5-6,11H,7-10H2,1-4H3. The minimum absolute atomic E-state index is 0.00108. The first-order chi connectivity index (χ1) is 11.0. The van der Waals surface area contributed by atoms with Gasteiger partial charge in [-0.05, 0) is 6.07 Å². The highest BCUT2D eigenvalue weighted by molar-refractivity contribution is 7.09. The van der Waals surface area contributed by atoms with Crippen molar-refractivity contribution in [2.24, 2.45) is 0 Å². The fourth-order valence-electron chi connectivity index (χ4n) is 2.48. The molecule has 6 nitrogen and oxygen atoms in total. The number of rotatable bonds is 3. The highest BCUT2D eigenvalue weighted by atomic mass is 32.1. The Kier molecular flexibility index (Phi) is 4.39. The maximum absolute atomic E-state index is 5.28. The summed E-state index contributed by atoms with van der Waals surface area (Å²) >= 11 is 1.50. The molecule has 1 fully saturated rings. The van der Waals surface area contributed by atoms with Crippen LogP contribution in [0.15, 0.2) is 18.3 Å². The Morgan fingerprint density at radius 2 is 1.83 bits per heavy atom. The van der Waals surface area contributed by atoms with Crippen molar-refractivity contribution < 1.29 is 4.74 Å². The number of piperazine rings is 1. The molecule has 0 unspecified atom stereocenters. The van der Waals surface area contributed by atoms with Gasteiger partial charge in [-0.1, -0.05) is 20.8 Å². The number of methoxy groups -OCH3 is 1. The molecule has 0 saturated carbocycles. The van der Waals surface area contributed by atoms with Crippen LogP contribution in [-0.2, 0) is 5.41 Å². The average Bonchev–Trinajstić information content (AvgIpc) is 3.05. The molecule has 3 rings (SSSR count). The van der Waals surface area contributed by atoms with E-state index >= 15 is 0 Å². The minimum Gasteiger partial charge on any atom is -0.497 e. The summed E-state index contributed by atoms with van der Waals surface area (Å²) < 4.78 is 9.79. The molecule has 0 aliphatic carbocycles. The first-order valence-electron chi connectivity index (χ1n) is 7.81. The highest BCUT2D eigenvalue weighted by Gasteiger charge is 2.24. The van der Waals surface area contributed by atoms with Gasteiger partial charge in [-0.25, -0.2) is 9.97 Å². The molecular formula is C16H23N5OS. The van der Waals surface area contributed by atoms with Crippen LogP contribution in [0, 0.1) is 0 Å². The smallest absolute Gasteiger partial charge is 0.205 e. The quantitative estimate of drug-likeness (QED) is 0.860. The average molecular weight is 333 g/mol. The molecule has 7 heteroatoms. The van der Waals surface area contributed by atoms with Crippen molar-refractivity contribution >= 4 is 22.5 Å². The van der Waals surface area contributed by atoms with E-state index in [1.54, 1.807) is 13.3 Å². The van der Waals surface area contributed by atoms with Gasteiger partial charge in [-0.2, -0.15) is 4.37 Å². The minimum atomic E-state index is 0.00108. The Bertz CT molecular complexity index is 658. The van der Waals surface area contributed by atoms with Crippen molar-refractivity contribution in [1.29, 1.82) is 0 Å². The van der Waals surface area contributed by atoms with E-state index in [-0.39, 0.29) is 5.41 Å². The maximum Gasteiger partial charge on any atom is 0.205 e. The second-order valence-electron chi connectivity index (χ2n) is 6.68. The van der Waals surface area contributed by atoms with Gasteiger partial charge in [0.25, 0.3) is 0 Å².